The maximum atomic E-state index is 13.0. The fourth-order valence-electron chi connectivity index (χ4n) is 2.25. The number of hydrogen-bond acceptors (Lipinski definition) is 7. The number of sulfone groups is 1. The molecule has 0 radical (unpaired) electrons. The van der Waals surface area contributed by atoms with Gasteiger partial charge in [-0.3, -0.25) is 0 Å². The van der Waals surface area contributed by atoms with Crippen molar-refractivity contribution in [1.29, 1.82) is 0 Å². The molecule has 0 bridgehead atoms. The Morgan fingerprint density at radius 3 is 2.44 bits per heavy atom. The summed E-state index contributed by atoms with van der Waals surface area (Å²) in [6, 6.07) is 3.60. The summed E-state index contributed by atoms with van der Waals surface area (Å²) in [6.45, 7) is 1.29. The van der Waals surface area contributed by atoms with Gasteiger partial charge >= 0.3 is 6.18 Å². The smallest absolute Gasteiger partial charge is 0.368 e. The van der Waals surface area contributed by atoms with Gasteiger partial charge in [0.05, 0.1) is 5.56 Å². The van der Waals surface area contributed by atoms with Gasteiger partial charge in [-0.05, 0) is 18.6 Å². The molecule has 0 spiro atoms. The minimum atomic E-state index is -4.53. The first kappa shape index (κ1) is 17.1. The van der Waals surface area contributed by atoms with E-state index in [0.29, 0.717) is 0 Å². The summed E-state index contributed by atoms with van der Waals surface area (Å²) in [7, 11) is -3.74. The molecule has 0 unspecified atom stereocenters. The molecule has 132 valence electrons. The van der Waals surface area contributed by atoms with E-state index >= 15 is 0 Å². The van der Waals surface area contributed by atoms with Crippen LogP contribution >= 0.6 is 0 Å². The van der Waals surface area contributed by atoms with E-state index in [1.807, 2.05) is 0 Å². The number of aromatic nitrogens is 5. The summed E-state index contributed by atoms with van der Waals surface area (Å²) in [5.41, 5.74) is 4.88. The second-order valence-electron chi connectivity index (χ2n) is 5.26. The van der Waals surface area contributed by atoms with Crippen molar-refractivity contribution in [2.24, 2.45) is 0 Å². The van der Waals surface area contributed by atoms with Crippen LogP contribution in [-0.4, -0.2) is 39.2 Å². The summed E-state index contributed by atoms with van der Waals surface area (Å²) in [5, 5.41) is 3.44. The number of hydrogen-bond donors (Lipinski definition) is 1. The SMILES string of the molecule is Cc1c(-c2nc3nc(S(C)(=O)=O)nc(N)n3n2)cccc1C(F)(F)F. The zero-order valence-electron chi connectivity index (χ0n) is 12.9. The number of fused-ring (bicyclic) bond motifs is 1. The molecular formula is C13H11F3N6O2S. The van der Waals surface area contributed by atoms with Gasteiger partial charge in [0, 0.05) is 11.8 Å². The van der Waals surface area contributed by atoms with Gasteiger partial charge in [0.15, 0.2) is 5.82 Å². The van der Waals surface area contributed by atoms with Gasteiger partial charge in [0.25, 0.3) is 10.9 Å². The minimum absolute atomic E-state index is 0.0687. The minimum Gasteiger partial charge on any atom is -0.368 e. The maximum Gasteiger partial charge on any atom is 0.416 e. The highest BCUT2D eigenvalue weighted by Gasteiger charge is 2.33. The molecule has 0 aliphatic rings. The molecule has 0 saturated carbocycles. The molecule has 8 nitrogen and oxygen atoms in total. The highest BCUT2D eigenvalue weighted by Crippen LogP contribution is 2.35. The van der Waals surface area contributed by atoms with Crippen LogP contribution in [0.4, 0.5) is 19.1 Å². The van der Waals surface area contributed by atoms with Crippen LogP contribution < -0.4 is 5.73 Å². The van der Waals surface area contributed by atoms with Crippen molar-refractivity contribution in [3.05, 3.63) is 29.3 Å². The molecule has 0 aliphatic heterocycles. The third kappa shape index (κ3) is 2.99. The summed E-state index contributed by atoms with van der Waals surface area (Å²) in [6.07, 6.45) is -3.63. The topological polar surface area (TPSA) is 116 Å². The molecule has 3 aromatic rings. The molecule has 0 atom stereocenters. The Bertz CT molecular complexity index is 1090. The summed E-state index contributed by atoms with van der Waals surface area (Å²) >= 11 is 0. The second kappa shape index (κ2) is 5.37. The number of alkyl halides is 3. The fraction of sp³-hybridized carbons (Fsp3) is 0.231. The highest BCUT2D eigenvalue weighted by molar-refractivity contribution is 7.90. The van der Waals surface area contributed by atoms with Gasteiger partial charge in [-0.1, -0.05) is 12.1 Å². The first-order valence-electron chi connectivity index (χ1n) is 6.76. The lowest BCUT2D eigenvalue weighted by Crippen LogP contribution is -2.11. The molecule has 0 amide bonds. The third-order valence-electron chi connectivity index (χ3n) is 3.42. The van der Waals surface area contributed by atoms with Crippen LogP contribution in [-0.2, 0) is 16.0 Å². The lowest BCUT2D eigenvalue weighted by atomic mass is 10.0. The van der Waals surface area contributed by atoms with Crippen molar-refractivity contribution >= 4 is 21.6 Å². The molecule has 0 saturated heterocycles. The standard InChI is InChI=1S/C13H11F3N6O2S/c1-6-7(4-3-5-8(6)13(14,15)16)9-18-11-20-12(25(2,23)24)19-10(17)22(11)21-9/h3-5H,1-2H3,(H2,17,18,19,20,21). The first-order chi connectivity index (χ1) is 11.5. The number of rotatable bonds is 2. The summed E-state index contributed by atoms with van der Waals surface area (Å²) < 4.78 is 63.2. The maximum absolute atomic E-state index is 13.0. The first-order valence-corrected chi connectivity index (χ1v) is 8.65. The molecular weight excluding hydrogens is 361 g/mol. The van der Waals surface area contributed by atoms with Crippen molar-refractivity contribution in [3.8, 4) is 11.4 Å². The van der Waals surface area contributed by atoms with Gasteiger partial charge in [-0.25, -0.2) is 8.42 Å². The second-order valence-corrected chi connectivity index (χ2v) is 7.17. The van der Waals surface area contributed by atoms with Crippen LogP contribution in [0.3, 0.4) is 0 Å². The number of nitrogens with zero attached hydrogens (tertiary/aromatic N) is 5. The Morgan fingerprint density at radius 1 is 1.16 bits per heavy atom. The lowest BCUT2D eigenvalue weighted by Gasteiger charge is -2.11. The lowest BCUT2D eigenvalue weighted by molar-refractivity contribution is -0.138. The van der Waals surface area contributed by atoms with Crippen LogP contribution in [0.5, 0.6) is 0 Å². The summed E-state index contributed by atoms with van der Waals surface area (Å²) in [4.78, 5) is 11.4. The Labute approximate surface area is 139 Å². The van der Waals surface area contributed by atoms with Crippen LogP contribution in [0.2, 0.25) is 0 Å². The molecule has 0 aliphatic carbocycles. The van der Waals surface area contributed by atoms with Gasteiger partial charge in [0.1, 0.15) is 0 Å². The largest absolute Gasteiger partial charge is 0.416 e. The van der Waals surface area contributed by atoms with Gasteiger partial charge in [-0.15, -0.1) is 5.10 Å². The van der Waals surface area contributed by atoms with Crippen molar-refractivity contribution in [2.75, 3.05) is 12.0 Å². The Kier molecular flexibility index (Phi) is 3.67. The number of halogens is 3. The predicted molar refractivity (Wildman–Crippen MR) is 81.3 cm³/mol. The van der Waals surface area contributed by atoms with E-state index < -0.39 is 26.7 Å². The van der Waals surface area contributed by atoms with E-state index in [-0.39, 0.29) is 28.7 Å². The van der Waals surface area contributed by atoms with Crippen LogP contribution in [0.25, 0.3) is 17.2 Å². The Balaban J connectivity index is 2.23. The fourth-order valence-corrected chi connectivity index (χ4v) is 2.76. The van der Waals surface area contributed by atoms with Crippen molar-refractivity contribution in [3.63, 3.8) is 0 Å². The summed E-state index contributed by atoms with van der Waals surface area (Å²) in [5.74, 6) is -0.552. The molecule has 2 N–H and O–H groups in total. The van der Waals surface area contributed by atoms with E-state index in [0.717, 1.165) is 16.8 Å². The molecule has 25 heavy (non-hydrogen) atoms. The number of anilines is 1. The van der Waals surface area contributed by atoms with Crippen LogP contribution in [0.1, 0.15) is 11.1 Å². The van der Waals surface area contributed by atoms with E-state index in [4.69, 9.17) is 5.73 Å². The third-order valence-corrected chi connectivity index (χ3v) is 4.27. The van der Waals surface area contributed by atoms with Crippen molar-refractivity contribution in [2.45, 2.75) is 18.3 Å². The number of benzene rings is 1. The molecule has 0 fully saturated rings. The zero-order chi connectivity index (χ0) is 18.6. The Hall–Kier alpha value is -2.76. The van der Waals surface area contributed by atoms with Crippen molar-refractivity contribution in [1.82, 2.24) is 24.6 Å². The molecule has 3 rings (SSSR count). The monoisotopic (exact) mass is 372 g/mol. The van der Waals surface area contributed by atoms with Crippen LogP contribution in [0, 0.1) is 6.92 Å². The number of nitrogens with two attached hydrogens (primary N) is 1. The average molecular weight is 372 g/mol. The predicted octanol–water partition coefficient (Wildman–Crippen LogP) is 1.50. The van der Waals surface area contributed by atoms with E-state index in [9.17, 15) is 21.6 Å². The van der Waals surface area contributed by atoms with E-state index in [1.54, 1.807) is 0 Å². The molecule has 12 heteroatoms. The highest BCUT2D eigenvalue weighted by atomic mass is 32.2. The van der Waals surface area contributed by atoms with Gasteiger partial charge in [-0.2, -0.15) is 32.6 Å². The molecule has 2 aromatic heterocycles. The van der Waals surface area contributed by atoms with Crippen LogP contribution in [0.15, 0.2) is 23.4 Å². The number of nitrogen functional groups attached to an aromatic ring is 1. The zero-order valence-corrected chi connectivity index (χ0v) is 13.7. The molecule has 1 aromatic carbocycles. The Morgan fingerprint density at radius 2 is 1.84 bits per heavy atom. The normalized spacial score (nSPS) is 12.7. The van der Waals surface area contributed by atoms with Gasteiger partial charge in [0.2, 0.25) is 15.8 Å². The quantitative estimate of drug-likeness (QED) is 0.724. The van der Waals surface area contributed by atoms with Crippen molar-refractivity contribution < 1.29 is 21.6 Å². The van der Waals surface area contributed by atoms with Gasteiger partial charge < -0.3 is 5.73 Å². The van der Waals surface area contributed by atoms with E-state index in [1.165, 1.54) is 19.1 Å². The average Bonchev–Trinajstić information content (AvgIpc) is 2.89. The molecule has 2 heterocycles. The van der Waals surface area contributed by atoms with E-state index in [2.05, 4.69) is 20.1 Å².